The summed E-state index contributed by atoms with van der Waals surface area (Å²) in [5.41, 5.74) is 0. The molecule has 9 heavy (non-hydrogen) atoms. The van der Waals surface area contributed by atoms with Crippen molar-refractivity contribution in [3.63, 3.8) is 0 Å². The third-order valence-electron chi connectivity index (χ3n) is 1.65. The van der Waals surface area contributed by atoms with Gasteiger partial charge < -0.3 is 0 Å². The number of rotatable bonds is 0. The lowest BCUT2D eigenvalue weighted by atomic mass is 9.99. The van der Waals surface area contributed by atoms with Gasteiger partial charge in [0.25, 0.3) is 0 Å². The van der Waals surface area contributed by atoms with Gasteiger partial charge in [-0.2, -0.15) is 0 Å². The molecule has 0 aromatic heterocycles. The van der Waals surface area contributed by atoms with Crippen molar-refractivity contribution in [2.45, 2.75) is 35.4 Å². The first kappa shape index (κ1) is 7.97. The maximum absolute atomic E-state index is 5.85. The van der Waals surface area contributed by atoms with Crippen LogP contribution in [0.25, 0.3) is 0 Å². The molecule has 1 aliphatic rings. The number of hydrogen-bond donors (Lipinski definition) is 0. The van der Waals surface area contributed by atoms with Gasteiger partial charge >= 0.3 is 0 Å². The van der Waals surface area contributed by atoms with Gasteiger partial charge in [0.05, 0.1) is 16.1 Å². The van der Waals surface area contributed by atoms with Crippen molar-refractivity contribution >= 4 is 34.8 Å². The summed E-state index contributed by atoms with van der Waals surface area (Å²) in [6.45, 7) is 0. The quantitative estimate of drug-likeness (QED) is 0.512. The number of hydrogen-bond acceptors (Lipinski definition) is 0. The van der Waals surface area contributed by atoms with E-state index < -0.39 is 0 Å². The monoisotopic (exact) mass is 186 g/mol. The molecule has 0 radical (unpaired) electrons. The summed E-state index contributed by atoms with van der Waals surface area (Å²) in [6, 6.07) is 0. The molecule has 1 rings (SSSR count). The minimum Gasteiger partial charge on any atom is -0.121 e. The number of halogens is 3. The second-order valence-electron chi connectivity index (χ2n) is 2.41. The van der Waals surface area contributed by atoms with Crippen molar-refractivity contribution in [3.05, 3.63) is 0 Å². The van der Waals surface area contributed by atoms with Gasteiger partial charge in [0.2, 0.25) is 0 Å². The van der Waals surface area contributed by atoms with Crippen LogP contribution in [0, 0.1) is 0 Å². The fourth-order valence-corrected chi connectivity index (χ4v) is 2.04. The molecule has 0 amide bonds. The predicted octanol–water partition coefficient (Wildman–Crippen LogP) is 2.99. The highest BCUT2D eigenvalue weighted by Gasteiger charge is 2.28. The maximum atomic E-state index is 5.85. The van der Waals surface area contributed by atoms with Gasteiger partial charge in [-0.05, 0) is 12.8 Å². The van der Waals surface area contributed by atoms with Crippen LogP contribution in [0.2, 0.25) is 0 Å². The molecule has 0 spiro atoms. The SMILES string of the molecule is ClC1CCC[C@H](Cl)[C@@H]1Cl. The van der Waals surface area contributed by atoms with Crippen LogP contribution >= 0.6 is 34.8 Å². The van der Waals surface area contributed by atoms with Crippen LogP contribution in [0.15, 0.2) is 0 Å². The van der Waals surface area contributed by atoms with E-state index in [0.717, 1.165) is 19.3 Å². The van der Waals surface area contributed by atoms with E-state index in [1.807, 2.05) is 0 Å². The molecule has 1 saturated carbocycles. The molecule has 0 bridgehead atoms. The first-order valence-corrected chi connectivity index (χ1v) is 4.45. The minimum atomic E-state index is -0.0258. The first-order valence-electron chi connectivity index (χ1n) is 3.14. The molecule has 0 N–H and O–H groups in total. The van der Waals surface area contributed by atoms with Crippen molar-refractivity contribution in [1.82, 2.24) is 0 Å². The summed E-state index contributed by atoms with van der Waals surface area (Å²) >= 11 is 17.5. The first-order chi connectivity index (χ1) is 4.22. The van der Waals surface area contributed by atoms with E-state index in [2.05, 4.69) is 0 Å². The van der Waals surface area contributed by atoms with Crippen molar-refractivity contribution in [3.8, 4) is 0 Å². The molecule has 0 aliphatic heterocycles. The summed E-state index contributed by atoms with van der Waals surface area (Å²) in [7, 11) is 0. The highest BCUT2D eigenvalue weighted by atomic mass is 35.5. The van der Waals surface area contributed by atoms with E-state index in [1.54, 1.807) is 0 Å². The molecule has 0 nitrogen and oxygen atoms in total. The van der Waals surface area contributed by atoms with Gasteiger partial charge in [0.15, 0.2) is 0 Å². The lowest BCUT2D eigenvalue weighted by Gasteiger charge is -2.25. The third-order valence-corrected chi connectivity index (χ3v) is 3.50. The molecule has 0 saturated heterocycles. The zero-order valence-electron chi connectivity index (χ0n) is 4.99. The molecule has 0 aromatic carbocycles. The molecule has 1 aliphatic carbocycles. The van der Waals surface area contributed by atoms with E-state index in [4.69, 9.17) is 34.8 Å². The Bertz CT molecular complexity index is 84.3. The van der Waals surface area contributed by atoms with Crippen LogP contribution in [0.4, 0.5) is 0 Å². The average molecular weight is 187 g/mol. The third kappa shape index (κ3) is 1.89. The molecule has 1 unspecified atom stereocenters. The fourth-order valence-electron chi connectivity index (χ4n) is 1.05. The lowest BCUT2D eigenvalue weighted by molar-refractivity contribution is 0.524. The molecule has 54 valence electrons. The largest absolute Gasteiger partial charge is 0.121 e. The summed E-state index contributed by atoms with van der Waals surface area (Å²) in [4.78, 5) is 0. The van der Waals surface area contributed by atoms with Crippen LogP contribution in [0.5, 0.6) is 0 Å². The highest BCUT2D eigenvalue weighted by molar-refractivity contribution is 6.35. The molecule has 3 heteroatoms. The van der Waals surface area contributed by atoms with Gasteiger partial charge in [-0.25, -0.2) is 0 Å². The normalized spacial score (nSPS) is 45.0. The zero-order valence-corrected chi connectivity index (χ0v) is 7.26. The summed E-state index contributed by atoms with van der Waals surface area (Å²) < 4.78 is 0. The van der Waals surface area contributed by atoms with Crippen molar-refractivity contribution in [1.29, 1.82) is 0 Å². The average Bonchev–Trinajstić information content (AvgIpc) is 1.83. The smallest absolute Gasteiger partial charge is 0.0663 e. The van der Waals surface area contributed by atoms with Gasteiger partial charge in [-0.3, -0.25) is 0 Å². The topological polar surface area (TPSA) is 0 Å². The van der Waals surface area contributed by atoms with E-state index in [-0.39, 0.29) is 16.1 Å². The van der Waals surface area contributed by atoms with Gasteiger partial charge in [-0.1, -0.05) is 6.42 Å². The summed E-state index contributed by atoms with van der Waals surface area (Å²) in [6.07, 6.45) is 3.14. The molecular weight excluding hydrogens is 178 g/mol. The fraction of sp³-hybridized carbons (Fsp3) is 1.00. The summed E-state index contributed by atoms with van der Waals surface area (Å²) in [5.74, 6) is 0. The Morgan fingerprint density at radius 1 is 0.889 bits per heavy atom. The Kier molecular flexibility index (Phi) is 2.94. The Morgan fingerprint density at radius 2 is 1.33 bits per heavy atom. The molecule has 1 fully saturated rings. The Labute approximate surface area is 70.5 Å². The van der Waals surface area contributed by atoms with E-state index >= 15 is 0 Å². The second-order valence-corrected chi connectivity index (χ2v) is 4.03. The Hall–Kier alpha value is 0.870. The zero-order chi connectivity index (χ0) is 6.85. The molecular formula is C6H9Cl3. The van der Waals surface area contributed by atoms with Crippen LogP contribution in [-0.4, -0.2) is 16.1 Å². The maximum Gasteiger partial charge on any atom is 0.0663 e. The van der Waals surface area contributed by atoms with Crippen molar-refractivity contribution in [2.75, 3.05) is 0 Å². The van der Waals surface area contributed by atoms with Crippen molar-refractivity contribution in [2.24, 2.45) is 0 Å². The Morgan fingerprint density at radius 3 is 1.67 bits per heavy atom. The van der Waals surface area contributed by atoms with Gasteiger partial charge in [0.1, 0.15) is 0 Å². The summed E-state index contributed by atoms with van der Waals surface area (Å²) in [5, 5.41) is 0.146. The van der Waals surface area contributed by atoms with Crippen LogP contribution in [0.3, 0.4) is 0 Å². The van der Waals surface area contributed by atoms with E-state index in [9.17, 15) is 0 Å². The highest BCUT2D eigenvalue weighted by Crippen LogP contribution is 2.30. The molecule has 3 atom stereocenters. The van der Waals surface area contributed by atoms with E-state index in [0.29, 0.717) is 0 Å². The van der Waals surface area contributed by atoms with Gasteiger partial charge in [-0.15, -0.1) is 34.8 Å². The number of alkyl halides is 3. The second kappa shape index (κ2) is 3.32. The van der Waals surface area contributed by atoms with E-state index in [1.165, 1.54) is 0 Å². The minimum absolute atomic E-state index is 0.0258. The van der Waals surface area contributed by atoms with Gasteiger partial charge in [0, 0.05) is 0 Å². The van der Waals surface area contributed by atoms with Crippen LogP contribution in [-0.2, 0) is 0 Å². The molecule has 0 heterocycles. The predicted molar refractivity (Wildman–Crippen MR) is 42.8 cm³/mol. The molecule has 0 aromatic rings. The lowest BCUT2D eigenvalue weighted by Crippen LogP contribution is -2.29. The van der Waals surface area contributed by atoms with Crippen molar-refractivity contribution < 1.29 is 0 Å². The van der Waals surface area contributed by atoms with Crippen LogP contribution in [0.1, 0.15) is 19.3 Å². The standard InChI is InChI=1S/C6H9Cl3/c7-4-2-1-3-5(8)6(4)9/h4-6H,1-3H2/t4-,5?,6-/m0/s1. The van der Waals surface area contributed by atoms with Crippen LogP contribution < -0.4 is 0 Å². The Balaban J connectivity index is 2.41.